The first-order valence-corrected chi connectivity index (χ1v) is 19.0. The van der Waals surface area contributed by atoms with E-state index in [0.29, 0.717) is 0 Å². The van der Waals surface area contributed by atoms with E-state index in [0.717, 1.165) is 34.1 Å². The molecule has 5 aromatic rings. The van der Waals surface area contributed by atoms with Crippen molar-refractivity contribution in [1.29, 1.82) is 0 Å². The van der Waals surface area contributed by atoms with Crippen molar-refractivity contribution < 1.29 is 36.3 Å². The highest BCUT2D eigenvalue weighted by molar-refractivity contribution is 7.86. The third-order valence-corrected chi connectivity index (χ3v) is 9.42. The van der Waals surface area contributed by atoms with E-state index in [1.165, 1.54) is 6.92 Å². The largest absolute Gasteiger partial charge is 0.368 e. The summed E-state index contributed by atoms with van der Waals surface area (Å²) < 4.78 is 58.4. The number of carbonyl (C=O) groups excluding carboxylic acids is 1. The van der Waals surface area contributed by atoms with E-state index in [9.17, 15) is 13.2 Å². The van der Waals surface area contributed by atoms with E-state index < -0.39 is 46.4 Å². The van der Waals surface area contributed by atoms with Crippen molar-refractivity contribution in [2.24, 2.45) is 0 Å². The van der Waals surface area contributed by atoms with Gasteiger partial charge in [-0.1, -0.05) is 152 Å². The molecule has 0 saturated carbocycles. The summed E-state index contributed by atoms with van der Waals surface area (Å²) in [5.74, 6) is -0.376. The fourth-order valence-electron chi connectivity index (χ4n) is 6.58. The monoisotopic (exact) mass is 721 g/mol. The van der Waals surface area contributed by atoms with Gasteiger partial charge in [-0.15, -0.1) is 0 Å². The van der Waals surface area contributed by atoms with E-state index in [1.807, 2.05) is 152 Å². The summed E-state index contributed by atoms with van der Waals surface area (Å²) in [6.07, 6.45) is -3.42. The molecule has 0 aromatic heterocycles. The van der Waals surface area contributed by atoms with Crippen molar-refractivity contribution in [3.63, 3.8) is 0 Å². The highest BCUT2D eigenvalue weighted by Gasteiger charge is 2.51. The maximum Gasteiger partial charge on any atom is 0.264 e. The third-order valence-electron chi connectivity index (χ3n) is 8.85. The SMILES string of the molecule is CC(=O)N[C@H]1[C@@H](OCc2ccccc2)O[C@H](COC(c2ccccc2)(c2ccccc2)c2ccccc2)[C@@H](OS(C)(=O)=O)[C@@H]1OCc1ccccc1. The Hall–Kier alpha value is -4.68. The van der Waals surface area contributed by atoms with E-state index in [-0.39, 0.29) is 25.7 Å². The molecule has 5 aromatic carbocycles. The van der Waals surface area contributed by atoms with Gasteiger partial charge in [0.15, 0.2) is 6.29 Å². The first kappa shape index (κ1) is 37.1. The van der Waals surface area contributed by atoms with Crippen LogP contribution in [0.25, 0.3) is 0 Å². The molecule has 0 bridgehead atoms. The lowest BCUT2D eigenvalue weighted by Crippen LogP contribution is -2.66. The molecular formula is C42H43NO8S. The molecule has 1 saturated heterocycles. The summed E-state index contributed by atoms with van der Waals surface area (Å²) in [6.45, 7) is 1.48. The van der Waals surface area contributed by atoms with Crippen LogP contribution in [-0.4, -0.2) is 57.8 Å². The van der Waals surface area contributed by atoms with Crippen molar-refractivity contribution in [3.8, 4) is 0 Å². The normalized spacial score (nSPS) is 20.6. The van der Waals surface area contributed by atoms with Crippen LogP contribution in [0.4, 0.5) is 0 Å². The third kappa shape index (κ3) is 9.21. The number of hydrogen-bond acceptors (Lipinski definition) is 8. The number of carbonyl (C=O) groups is 1. The van der Waals surface area contributed by atoms with E-state index >= 15 is 0 Å². The van der Waals surface area contributed by atoms with E-state index in [1.54, 1.807) is 0 Å². The van der Waals surface area contributed by atoms with Crippen molar-refractivity contribution in [2.45, 2.75) is 56.4 Å². The van der Waals surface area contributed by atoms with Gasteiger partial charge in [0, 0.05) is 6.92 Å². The van der Waals surface area contributed by atoms with Crippen LogP contribution in [0.5, 0.6) is 0 Å². The average molecular weight is 722 g/mol. The molecule has 0 radical (unpaired) electrons. The van der Waals surface area contributed by atoms with Crippen molar-refractivity contribution in [3.05, 3.63) is 179 Å². The van der Waals surface area contributed by atoms with Crippen molar-refractivity contribution in [1.82, 2.24) is 5.32 Å². The lowest BCUT2D eigenvalue weighted by Gasteiger charge is -2.46. The number of ether oxygens (including phenoxy) is 4. The standard InChI is InChI=1S/C42H43NO8S/c1-31(44)43-38-40(47-28-32-18-8-3-9-19-32)39(51-52(2,45)46)37(50-41(38)48-29-33-20-10-4-11-21-33)30-49-42(34-22-12-5-13-23-34,35-24-14-6-15-25-35)36-26-16-7-17-27-36/h3-27,37-41H,28-30H2,1-2H3,(H,43,44)/t37-,38-,39-,40-,41+/m1/s1. The van der Waals surface area contributed by atoms with Crippen LogP contribution in [0.3, 0.4) is 0 Å². The molecule has 1 heterocycles. The molecule has 10 heteroatoms. The van der Waals surface area contributed by atoms with Gasteiger partial charge in [0.05, 0.1) is 26.1 Å². The minimum atomic E-state index is -4.08. The topological polar surface area (TPSA) is 109 Å². The summed E-state index contributed by atoms with van der Waals surface area (Å²) in [6, 6.07) is 47.6. The molecule has 6 rings (SSSR count). The lowest BCUT2D eigenvalue weighted by molar-refractivity contribution is -0.282. The van der Waals surface area contributed by atoms with Crippen LogP contribution in [0.1, 0.15) is 34.7 Å². The zero-order valence-electron chi connectivity index (χ0n) is 29.1. The second kappa shape index (κ2) is 17.2. The molecule has 1 aliphatic heterocycles. The molecule has 0 unspecified atom stereocenters. The van der Waals surface area contributed by atoms with Crippen LogP contribution in [0.2, 0.25) is 0 Å². The molecule has 5 atom stereocenters. The maximum absolute atomic E-state index is 13.0. The summed E-state index contributed by atoms with van der Waals surface area (Å²) in [4.78, 5) is 12.7. The quantitative estimate of drug-likeness (QED) is 0.0982. The first-order chi connectivity index (χ1) is 25.2. The molecule has 52 heavy (non-hydrogen) atoms. The van der Waals surface area contributed by atoms with Gasteiger partial charge >= 0.3 is 0 Å². The lowest BCUT2D eigenvalue weighted by atomic mass is 9.80. The molecule has 1 aliphatic rings. The van der Waals surface area contributed by atoms with E-state index in [2.05, 4.69) is 5.32 Å². The Kier molecular flexibility index (Phi) is 12.3. The first-order valence-electron chi connectivity index (χ1n) is 17.2. The smallest absolute Gasteiger partial charge is 0.264 e. The summed E-state index contributed by atoms with van der Waals surface area (Å²) in [5, 5.41) is 2.91. The van der Waals surface area contributed by atoms with Gasteiger partial charge in [-0.2, -0.15) is 8.42 Å². The summed E-state index contributed by atoms with van der Waals surface area (Å²) in [5.41, 5.74) is 3.15. The average Bonchev–Trinajstić information content (AvgIpc) is 3.16. The zero-order valence-corrected chi connectivity index (χ0v) is 29.9. The Labute approximate surface area is 305 Å². The molecule has 0 aliphatic carbocycles. The van der Waals surface area contributed by atoms with Crippen LogP contribution in [0, 0.1) is 0 Å². The van der Waals surface area contributed by atoms with Gasteiger partial charge < -0.3 is 24.3 Å². The Morgan fingerprint density at radius 1 is 0.654 bits per heavy atom. The summed E-state index contributed by atoms with van der Waals surface area (Å²) >= 11 is 0. The zero-order chi connectivity index (χ0) is 36.4. The Balaban J connectivity index is 1.43. The molecular weight excluding hydrogens is 679 g/mol. The second-order valence-corrected chi connectivity index (χ2v) is 14.3. The predicted octanol–water partition coefficient (Wildman–Crippen LogP) is 6.37. The highest BCUT2D eigenvalue weighted by atomic mass is 32.2. The molecule has 1 amide bonds. The second-order valence-electron chi connectivity index (χ2n) is 12.7. The van der Waals surface area contributed by atoms with Crippen LogP contribution >= 0.6 is 0 Å². The molecule has 0 spiro atoms. The van der Waals surface area contributed by atoms with Gasteiger partial charge in [-0.25, -0.2) is 0 Å². The van der Waals surface area contributed by atoms with E-state index in [4.69, 9.17) is 23.1 Å². The van der Waals surface area contributed by atoms with Crippen LogP contribution in [0.15, 0.2) is 152 Å². The van der Waals surface area contributed by atoms with Crippen LogP contribution in [-0.2, 0) is 56.9 Å². The fraction of sp³-hybridized carbons (Fsp3) is 0.262. The molecule has 270 valence electrons. The Morgan fingerprint density at radius 3 is 1.50 bits per heavy atom. The highest BCUT2D eigenvalue weighted by Crippen LogP contribution is 2.41. The van der Waals surface area contributed by atoms with Crippen LogP contribution < -0.4 is 5.32 Å². The van der Waals surface area contributed by atoms with Gasteiger partial charge in [-0.05, 0) is 27.8 Å². The van der Waals surface area contributed by atoms with Gasteiger partial charge in [-0.3, -0.25) is 8.98 Å². The Morgan fingerprint density at radius 2 is 1.08 bits per heavy atom. The number of rotatable bonds is 15. The molecule has 1 N–H and O–H groups in total. The maximum atomic E-state index is 13.0. The number of nitrogens with one attached hydrogen (secondary N) is 1. The Bertz CT molecular complexity index is 1850. The molecule has 9 nitrogen and oxygen atoms in total. The minimum absolute atomic E-state index is 0.103. The summed E-state index contributed by atoms with van der Waals surface area (Å²) in [7, 11) is -4.08. The molecule has 1 fully saturated rings. The van der Waals surface area contributed by atoms with Gasteiger partial charge in [0.2, 0.25) is 5.91 Å². The van der Waals surface area contributed by atoms with Crippen molar-refractivity contribution in [2.75, 3.05) is 12.9 Å². The minimum Gasteiger partial charge on any atom is -0.368 e. The van der Waals surface area contributed by atoms with Gasteiger partial charge in [0.1, 0.15) is 30.0 Å². The fourth-order valence-corrected chi connectivity index (χ4v) is 7.22. The number of amides is 1. The van der Waals surface area contributed by atoms with Crippen molar-refractivity contribution >= 4 is 16.0 Å². The number of benzene rings is 5. The predicted molar refractivity (Wildman–Crippen MR) is 197 cm³/mol. The van der Waals surface area contributed by atoms with Gasteiger partial charge in [0.25, 0.3) is 10.1 Å². The number of hydrogen-bond donors (Lipinski definition) is 1.